The van der Waals surface area contributed by atoms with E-state index in [0.717, 1.165) is 0 Å². The number of rotatable bonds is 4. The average molecular weight is 234 g/mol. The summed E-state index contributed by atoms with van der Waals surface area (Å²) in [5.41, 5.74) is 0.897. The van der Waals surface area contributed by atoms with Crippen molar-refractivity contribution < 1.29 is 4.39 Å². The Labute approximate surface area is 102 Å². The number of benzene rings is 1. The lowest BCUT2D eigenvalue weighted by molar-refractivity contribution is 0.269. The van der Waals surface area contributed by atoms with Crippen LogP contribution in [-0.2, 0) is 0 Å². The Balaban J connectivity index is 2.74. The lowest BCUT2D eigenvalue weighted by atomic mass is 9.81. The molecule has 0 atom stereocenters. The summed E-state index contributed by atoms with van der Waals surface area (Å²) in [6, 6.07) is 6.41. The third-order valence-electron chi connectivity index (χ3n) is 3.40. The van der Waals surface area contributed by atoms with Crippen molar-refractivity contribution in [2.24, 2.45) is 11.3 Å². The number of hydrogen-bond donors (Lipinski definition) is 1. The van der Waals surface area contributed by atoms with Gasteiger partial charge in [0.1, 0.15) is 5.82 Å². The highest BCUT2D eigenvalue weighted by Gasteiger charge is 2.22. The van der Waals surface area contributed by atoms with Gasteiger partial charge in [0.25, 0.3) is 0 Å². The maximum atomic E-state index is 13.6. The topological polar surface area (TPSA) is 35.8 Å². The Kier molecular flexibility index (Phi) is 4.11. The summed E-state index contributed by atoms with van der Waals surface area (Å²) in [7, 11) is 0. The lowest BCUT2D eigenvalue weighted by Gasteiger charge is -2.29. The first kappa shape index (κ1) is 13.5. The fourth-order valence-corrected chi connectivity index (χ4v) is 1.26. The highest BCUT2D eigenvalue weighted by Crippen LogP contribution is 2.27. The van der Waals surface area contributed by atoms with Crippen LogP contribution in [0.25, 0.3) is 0 Å². The smallest absolute Gasteiger partial charge is 0.147 e. The van der Waals surface area contributed by atoms with Crippen molar-refractivity contribution >= 4 is 5.69 Å². The normalized spacial score (nSPS) is 11.4. The molecule has 1 aromatic rings. The summed E-state index contributed by atoms with van der Waals surface area (Å²) < 4.78 is 13.6. The van der Waals surface area contributed by atoms with Crippen molar-refractivity contribution in [2.45, 2.75) is 27.7 Å². The number of anilines is 1. The molecule has 0 aliphatic heterocycles. The quantitative estimate of drug-likeness (QED) is 0.860. The Morgan fingerprint density at radius 3 is 2.53 bits per heavy atom. The molecule has 0 aromatic heterocycles. The molecule has 17 heavy (non-hydrogen) atoms. The average Bonchev–Trinajstić information content (AvgIpc) is 2.27. The molecule has 0 unspecified atom stereocenters. The zero-order valence-electron chi connectivity index (χ0n) is 10.8. The molecule has 3 heteroatoms. The van der Waals surface area contributed by atoms with Crippen LogP contribution in [0.3, 0.4) is 0 Å². The zero-order valence-corrected chi connectivity index (χ0v) is 10.8. The molecule has 92 valence electrons. The Hall–Kier alpha value is -1.56. The van der Waals surface area contributed by atoms with Crippen LogP contribution >= 0.6 is 0 Å². The summed E-state index contributed by atoms with van der Waals surface area (Å²) in [5, 5.41) is 11.7. The van der Waals surface area contributed by atoms with Gasteiger partial charge in [-0.2, -0.15) is 5.26 Å². The Morgan fingerprint density at radius 2 is 2.06 bits per heavy atom. The van der Waals surface area contributed by atoms with Crippen molar-refractivity contribution in [3.05, 3.63) is 29.6 Å². The maximum absolute atomic E-state index is 13.6. The van der Waals surface area contributed by atoms with Gasteiger partial charge in [-0.15, -0.1) is 0 Å². The van der Waals surface area contributed by atoms with Crippen LogP contribution < -0.4 is 5.32 Å². The molecular formula is C14H19FN2. The van der Waals surface area contributed by atoms with Crippen molar-refractivity contribution in [3.8, 4) is 6.07 Å². The largest absolute Gasteiger partial charge is 0.382 e. The van der Waals surface area contributed by atoms with E-state index < -0.39 is 0 Å². The minimum Gasteiger partial charge on any atom is -0.382 e. The number of halogens is 1. The predicted octanol–water partition coefficient (Wildman–Crippen LogP) is 3.79. The van der Waals surface area contributed by atoms with Gasteiger partial charge in [0.05, 0.1) is 17.3 Å². The predicted molar refractivity (Wildman–Crippen MR) is 68.2 cm³/mol. The van der Waals surface area contributed by atoms with Gasteiger partial charge < -0.3 is 5.32 Å². The molecule has 0 saturated carbocycles. The number of hydrogen-bond acceptors (Lipinski definition) is 2. The molecule has 1 rings (SSSR count). The van der Waals surface area contributed by atoms with E-state index in [4.69, 9.17) is 5.26 Å². The van der Waals surface area contributed by atoms with Crippen molar-refractivity contribution in [1.82, 2.24) is 0 Å². The van der Waals surface area contributed by atoms with Gasteiger partial charge in [-0.05, 0) is 29.5 Å². The van der Waals surface area contributed by atoms with Crippen molar-refractivity contribution in [1.29, 1.82) is 5.26 Å². The van der Waals surface area contributed by atoms with E-state index in [2.05, 4.69) is 33.0 Å². The van der Waals surface area contributed by atoms with E-state index in [0.29, 0.717) is 23.7 Å². The summed E-state index contributed by atoms with van der Waals surface area (Å²) in [5.74, 6) is 0.139. The first-order valence-electron chi connectivity index (χ1n) is 5.80. The number of nitriles is 1. The molecule has 1 N–H and O–H groups in total. The van der Waals surface area contributed by atoms with Crippen LogP contribution in [0.2, 0.25) is 0 Å². The van der Waals surface area contributed by atoms with Crippen LogP contribution in [0.4, 0.5) is 10.1 Å². The van der Waals surface area contributed by atoms with Crippen LogP contribution in [0, 0.1) is 28.5 Å². The Bertz CT molecular complexity index is 430. The molecular weight excluding hydrogens is 215 g/mol. The highest BCUT2D eigenvalue weighted by molar-refractivity contribution is 5.48. The van der Waals surface area contributed by atoms with Crippen LogP contribution in [0.1, 0.15) is 33.3 Å². The van der Waals surface area contributed by atoms with E-state index >= 15 is 0 Å². The highest BCUT2D eigenvalue weighted by atomic mass is 19.1. The first-order valence-corrected chi connectivity index (χ1v) is 5.80. The number of nitrogens with zero attached hydrogens (tertiary/aromatic N) is 1. The van der Waals surface area contributed by atoms with Crippen molar-refractivity contribution in [3.63, 3.8) is 0 Å². The van der Waals surface area contributed by atoms with Crippen LogP contribution in [0.15, 0.2) is 18.2 Å². The molecule has 1 aromatic carbocycles. The summed E-state index contributed by atoms with van der Waals surface area (Å²) >= 11 is 0. The second-order valence-electron chi connectivity index (χ2n) is 5.30. The van der Waals surface area contributed by atoms with Crippen LogP contribution in [0.5, 0.6) is 0 Å². The first-order chi connectivity index (χ1) is 7.86. The fourth-order valence-electron chi connectivity index (χ4n) is 1.26. The molecule has 0 radical (unpaired) electrons. The molecule has 0 aliphatic rings. The van der Waals surface area contributed by atoms with Gasteiger partial charge in [0.15, 0.2) is 0 Å². The molecule has 0 fully saturated rings. The van der Waals surface area contributed by atoms with E-state index in [1.807, 2.05) is 6.07 Å². The second kappa shape index (κ2) is 5.18. The molecule has 2 nitrogen and oxygen atoms in total. The second-order valence-corrected chi connectivity index (χ2v) is 5.30. The molecule has 0 heterocycles. The SMILES string of the molecule is CC(C)C(C)(C)CNc1ccc(C#N)cc1F. The Morgan fingerprint density at radius 1 is 1.41 bits per heavy atom. The standard InChI is InChI=1S/C14H19FN2/c1-10(2)14(3,4)9-17-13-6-5-11(8-16)7-12(13)15/h5-7,10,17H,9H2,1-4H3. The van der Waals surface area contributed by atoms with Gasteiger partial charge in [0.2, 0.25) is 0 Å². The van der Waals surface area contributed by atoms with Crippen molar-refractivity contribution in [2.75, 3.05) is 11.9 Å². The summed E-state index contributed by atoms with van der Waals surface area (Å²) in [6.07, 6.45) is 0. The maximum Gasteiger partial charge on any atom is 0.147 e. The molecule has 0 amide bonds. The molecule has 0 spiro atoms. The third kappa shape index (κ3) is 3.45. The number of nitrogens with one attached hydrogen (secondary N) is 1. The molecule has 0 aliphatic carbocycles. The van der Waals surface area contributed by atoms with E-state index in [9.17, 15) is 4.39 Å². The molecule has 0 saturated heterocycles. The summed E-state index contributed by atoms with van der Waals surface area (Å²) in [4.78, 5) is 0. The van der Waals surface area contributed by atoms with E-state index in [-0.39, 0.29) is 11.2 Å². The minimum atomic E-state index is -0.372. The van der Waals surface area contributed by atoms with E-state index in [1.54, 1.807) is 12.1 Å². The monoisotopic (exact) mass is 234 g/mol. The lowest BCUT2D eigenvalue weighted by Crippen LogP contribution is -2.28. The zero-order chi connectivity index (χ0) is 13.1. The minimum absolute atomic E-state index is 0.0976. The van der Waals surface area contributed by atoms with Gasteiger partial charge >= 0.3 is 0 Å². The third-order valence-corrected chi connectivity index (χ3v) is 3.40. The summed E-state index contributed by atoms with van der Waals surface area (Å²) in [6.45, 7) is 9.29. The van der Waals surface area contributed by atoms with E-state index in [1.165, 1.54) is 6.07 Å². The van der Waals surface area contributed by atoms with Gasteiger partial charge in [-0.25, -0.2) is 4.39 Å². The van der Waals surface area contributed by atoms with Gasteiger partial charge in [0, 0.05) is 6.54 Å². The molecule has 0 bridgehead atoms. The fraction of sp³-hybridized carbons (Fsp3) is 0.500. The van der Waals surface area contributed by atoms with Crippen LogP contribution in [-0.4, -0.2) is 6.54 Å². The van der Waals surface area contributed by atoms with Gasteiger partial charge in [-0.1, -0.05) is 27.7 Å². The van der Waals surface area contributed by atoms with Gasteiger partial charge in [-0.3, -0.25) is 0 Å².